The van der Waals surface area contributed by atoms with Crippen LogP contribution in [0.2, 0.25) is 0 Å². The minimum Gasteiger partial charge on any atom is -0.393 e. The van der Waals surface area contributed by atoms with E-state index in [-0.39, 0.29) is 6.10 Å². The predicted molar refractivity (Wildman–Crippen MR) is 49.7 cm³/mol. The van der Waals surface area contributed by atoms with Gasteiger partial charge in [-0.15, -0.1) is 0 Å². The van der Waals surface area contributed by atoms with Gasteiger partial charge in [0.1, 0.15) is 0 Å². The monoisotopic (exact) mass is 158 g/mol. The van der Waals surface area contributed by atoms with Crippen molar-refractivity contribution in [2.24, 2.45) is 0 Å². The second-order valence-corrected chi connectivity index (χ2v) is 3.29. The third kappa shape index (κ3) is 7.86. The molecule has 0 radical (unpaired) electrons. The van der Waals surface area contributed by atoms with Crippen molar-refractivity contribution in [1.82, 2.24) is 0 Å². The fourth-order valence-electron chi connectivity index (χ4n) is 1.08. The molecule has 0 spiro atoms. The van der Waals surface area contributed by atoms with E-state index in [1.165, 1.54) is 32.1 Å². The maximum absolute atomic E-state index is 8.91. The average molecular weight is 158 g/mol. The van der Waals surface area contributed by atoms with E-state index < -0.39 is 0 Å². The molecule has 0 heterocycles. The summed E-state index contributed by atoms with van der Waals surface area (Å²) in [5, 5.41) is 8.91. The van der Waals surface area contributed by atoms with E-state index in [0.29, 0.717) is 0 Å². The summed E-state index contributed by atoms with van der Waals surface area (Å²) in [5.41, 5.74) is 0. The molecular weight excluding hydrogens is 136 g/mol. The highest BCUT2D eigenvalue weighted by molar-refractivity contribution is 4.61. The molecule has 0 atom stereocenters. The Balaban J connectivity index is 0.000000218. The molecule has 0 aromatic heterocycles. The largest absolute Gasteiger partial charge is 0.393 e. The SMILES string of the molecule is CCCC.OC1CCCCC1. The molecule has 1 aliphatic carbocycles. The highest BCUT2D eigenvalue weighted by Gasteiger charge is 2.07. The first-order chi connectivity index (χ1) is 5.31. The molecule has 0 aromatic carbocycles. The summed E-state index contributed by atoms with van der Waals surface area (Å²) in [7, 11) is 0. The summed E-state index contributed by atoms with van der Waals surface area (Å²) in [6.45, 7) is 4.36. The van der Waals surface area contributed by atoms with E-state index in [4.69, 9.17) is 5.11 Å². The molecule has 68 valence electrons. The fourth-order valence-corrected chi connectivity index (χ4v) is 1.08. The van der Waals surface area contributed by atoms with Crippen molar-refractivity contribution in [3.05, 3.63) is 0 Å². The molecule has 1 aliphatic rings. The molecule has 1 fully saturated rings. The zero-order valence-electron chi connectivity index (χ0n) is 7.97. The lowest BCUT2D eigenvalue weighted by Gasteiger charge is -2.14. The van der Waals surface area contributed by atoms with E-state index in [0.717, 1.165) is 12.8 Å². The van der Waals surface area contributed by atoms with E-state index >= 15 is 0 Å². The van der Waals surface area contributed by atoms with E-state index in [9.17, 15) is 0 Å². The van der Waals surface area contributed by atoms with Gasteiger partial charge in [0.2, 0.25) is 0 Å². The van der Waals surface area contributed by atoms with Crippen molar-refractivity contribution in [2.45, 2.75) is 64.9 Å². The van der Waals surface area contributed by atoms with Crippen molar-refractivity contribution >= 4 is 0 Å². The molecule has 11 heavy (non-hydrogen) atoms. The Hall–Kier alpha value is -0.0400. The molecule has 1 rings (SSSR count). The molecule has 1 N–H and O–H groups in total. The number of hydrogen-bond acceptors (Lipinski definition) is 1. The topological polar surface area (TPSA) is 20.2 Å². The summed E-state index contributed by atoms with van der Waals surface area (Å²) in [4.78, 5) is 0. The van der Waals surface area contributed by atoms with E-state index in [1.54, 1.807) is 0 Å². The molecule has 0 saturated heterocycles. The number of unbranched alkanes of at least 4 members (excludes halogenated alkanes) is 1. The van der Waals surface area contributed by atoms with Gasteiger partial charge < -0.3 is 5.11 Å². The Labute approximate surface area is 70.8 Å². The molecule has 1 heteroatoms. The van der Waals surface area contributed by atoms with Gasteiger partial charge in [0.25, 0.3) is 0 Å². The highest BCUT2D eigenvalue weighted by Crippen LogP contribution is 2.16. The Kier molecular flexibility index (Phi) is 8.03. The normalized spacial score (nSPS) is 18.8. The van der Waals surface area contributed by atoms with Gasteiger partial charge >= 0.3 is 0 Å². The van der Waals surface area contributed by atoms with Crippen LogP contribution in [0.1, 0.15) is 58.8 Å². The van der Waals surface area contributed by atoms with Crippen LogP contribution in [0, 0.1) is 0 Å². The van der Waals surface area contributed by atoms with Crippen molar-refractivity contribution < 1.29 is 5.11 Å². The Morgan fingerprint density at radius 3 is 1.64 bits per heavy atom. The van der Waals surface area contributed by atoms with Crippen molar-refractivity contribution in [3.63, 3.8) is 0 Å². The number of hydrogen-bond donors (Lipinski definition) is 1. The maximum Gasteiger partial charge on any atom is 0.0540 e. The van der Waals surface area contributed by atoms with Crippen LogP contribution < -0.4 is 0 Å². The van der Waals surface area contributed by atoms with Gasteiger partial charge in [0, 0.05) is 0 Å². The minimum atomic E-state index is 0.0359. The van der Waals surface area contributed by atoms with Crippen LogP contribution in [-0.2, 0) is 0 Å². The quantitative estimate of drug-likeness (QED) is 0.621. The zero-order chi connectivity index (χ0) is 8.53. The first-order valence-electron chi connectivity index (χ1n) is 4.99. The summed E-state index contributed by atoms with van der Waals surface area (Å²) in [6, 6.07) is 0. The fraction of sp³-hybridized carbons (Fsp3) is 1.00. The molecule has 0 bridgehead atoms. The minimum absolute atomic E-state index is 0.0359. The van der Waals surface area contributed by atoms with Gasteiger partial charge in [-0.05, 0) is 12.8 Å². The van der Waals surface area contributed by atoms with Crippen LogP contribution in [0.3, 0.4) is 0 Å². The second kappa shape index (κ2) is 8.06. The molecule has 0 amide bonds. The van der Waals surface area contributed by atoms with Crippen LogP contribution in [-0.4, -0.2) is 11.2 Å². The molecule has 1 saturated carbocycles. The third-order valence-corrected chi connectivity index (χ3v) is 2.07. The van der Waals surface area contributed by atoms with Crippen LogP contribution >= 0.6 is 0 Å². The number of aliphatic hydroxyl groups is 1. The molecule has 0 unspecified atom stereocenters. The molecular formula is C10H22O. The van der Waals surface area contributed by atoms with Gasteiger partial charge in [-0.2, -0.15) is 0 Å². The van der Waals surface area contributed by atoms with Gasteiger partial charge in [-0.3, -0.25) is 0 Å². The number of rotatable bonds is 1. The smallest absolute Gasteiger partial charge is 0.0540 e. The molecule has 0 aromatic rings. The maximum atomic E-state index is 8.91. The van der Waals surface area contributed by atoms with Gasteiger partial charge in [-0.25, -0.2) is 0 Å². The third-order valence-electron chi connectivity index (χ3n) is 2.07. The van der Waals surface area contributed by atoms with Gasteiger partial charge in [0.15, 0.2) is 0 Å². The van der Waals surface area contributed by atoms with Crippen LogP contribution in [0.25, 0.3) is 0 Å². The van der Waals surface area contributed by atoms with Crippen LogP contribution in [0.4, 0.5) is 0 Å². The Morgan fingerprint density at radius 1 is 1.00 bits per heavy atom. The standard InChI is InChI=1S/C6H12O.C4H10/c7-6-4-2-1-3-5-6;1-3-4-2/h6-7H,1-5H2;3-4H2,1-2H3. The van der Waals surface area contributed by atoms with E-state index in [1.807, 2.05) is 0 Å². The zero-order valence-corrected chi connectivity index (χ0v) is 7.97. The Morgan fingerprint density at radius 2 is 1.45 bits per heavy atom. The van der Waals surface area contributed by atoms with Crippen molar-refractivity contribution in [1.29, 1.82) is 0 Å². The van der Waals surface area contributed by atoms with Crippen molar-refractivity contribution in [2.75, 3.05) is 0 Å². The first kappa shape index (κ1) is 11.0. The lowest BCUT2D eigenvalue weighted by molar-refractivity contribution is 0.130. The summed E-state index contributed by atoms with van der Waals surface area (Å²) in [5.74, 6) is 0. The second-order valence-electron chi connectivity index (χ2n) is 3.29. The van der Waals surface area contributed by atoms with Gasteiger partial charge in [0.05, 0.1) is 6.10 Å². The van der Waals surface area contributed by atoms with Crippen LogP contribution in [0.15, 0.2) is 0 Å². The lowest BCUT2D eigenvalue weighted by Crippen LogP contribution is -2.09. The van der Waals surface area contributed by atoms with Crippen molar-refractivity contribution in [3.8, 4) is 0 Å². The lowest BCUT2D eigenvalue weighted by atomic mass is 9.98. The summed E-state index contributed by atoms with van der Waals surface area (Å²) in [6.07, 6.45) is 8.56. The Bertz CT molecular complexity index is 63.3. The first-order valence-corrected chi connectivity index (χ1v) is 4.99. The summed E-state index contributed by atoms with van der Waals surface area (Å²) >= 11 is 0. The number of aliphatic hydroxyl groups excluding tert-OH is 1. The highest BCUT2D eigenvalue weighted by atomic mass is 16.3. The van der Waals surface area contributed by atoms with Gasteiger partial charge in [-0.1, -0.05) is 46.0 Å². The molecule has 1 nitrogen and oxygen atoms in total. The molecule has 0 aliphatic heterocycles. The average Bonchev–Trinajstić information content (AvgIpc) is 2.07. The van der Waals surface area contributed by atoms with Crippen LogP contribution in [0.5, 0.6) is 0 Å². The summed E-state index contributed by atoms with van der Waals surface area (Å²) < 4.78 is 0. The predicted octanol–water partition coefficient (Wildman–Crippen LogP) is 3.12. The van der Waals surface area contributed by atoms with E-state index in [2.05, 4.69) is 13.8 Å².